The maximum Gasteiger partial charge on any atom is 0.337 e. The molecule has 3 N–H and O–H groups in total. The van der Waals surface area contributed by atoms with Crippen molar-refractivity contribution in [2.24, 2.45) is 0 Å². The molecule has 2 aromatic rings. The fraction of sp³-hybridized carbons (Fsp3) is 0.214. The standard InChI is InChI=1S/C14H15N3O3S/c1-20-13(19)10-4-2-9(3-5-10)7-16-12(18)6-11-8-21-14(15)17-11/h2-5,8H,6-7H2,1H3,(H2,15,17)(H,16,18). The van der Waals surface area contributed by atoms with Gasteiger partial charge in [-0.2, -0.15) is 0 Å². The highest BCUT2D eigenvalue weighted by Crippen LogP contribution is 2.11. The van der Waals surface area contributed by atoms with Gasteiger partial charge in [0.05, 0.1) is 24.8 Å². The molecule has 0 aliphatic carbocycles. The molecular formula is C14H15N3O3S. The summed E-state index contributed by atoms with van der Waals surface area (Å²) in [6.07, 6.45) is 0.202. The van der Waals surface area contributed by atoms with Crippen LogP contribution in [0.2, 0.25) is 0 Å². The van der Waals surface area contributed by atoms with E-state index in [0.717, 1.165) is 5.56 Å². The van der Waals surface area contributed by atoms with Crippen LogP contribution in [0.1, 0.15) is 21.6 Å². The van der Waals surface area contributed by atoms with Crippen LogP contribution in [0.5, 0.6) is 0 Å². The Labute approximate surface area is 125 Å². The molecule has 0 fully saturated rings. The summed E-state index contributed by atoms with van der Waals surface area (Å²) in [5.74, 6) is -0.510. The molecule has 0 atom stereocenters. The van der Waals surface area contributed by atoms with Gasteiger partial charge in [0.1, 0.15) is 0 Å². The van der Waals surface area contributed by atoms with Gasteiger partial charge in [0, 0.05) is 11.9 Å². The van der Waals surface area contributed by atoms with E-state index in [1.165, 1.54) is 18.4 Å². The zero-order valence-electron chi connectivity index (χ0n) is 11.5. The molecular weight excluding hydrogens is 290 g/mol. The number of anilines is 1. The molecule has 2 rings (SSSR count). The maximum atomic E-state index is 11.8. The van der Waals surface area contributed by atoms with E-state index in [2.05, 4.69) is 15.0 Å². The molecule has 0 aliphatic heterocycles. The first-order valence-corrected chi connectivity index (χ1v) is 7.10. The van der Waals surface area contributed by atoms with Gasteiger partial charge >= 0.3 is 5.97 Å². The van der Waals surface area contributed by atoms with Crippen molar-refractivity contribution < 1.29 is 14.3 Å². The first kappa shape index (κ1) is 15.0. The molecule has 110 valence electrons. The van der Waals surface area contributed by atoms with Crippen LogP contribution in [0.4, 0.5) is 5.13 Å². The summed E-state index contributed by atoms with van der Waals surface area (Å²) in [7, 11) is 1.34. The van der Waals surface area contributed by atoms with Gasteiger partial charge in [-0.05, 0) is 17.7 Å². The van der Waals surface area contributed by atoms with Crippen LogP contribution in [0.3, 0.4) is 0 Å². The molecule has 0 bridgehead atoms. The van der Waals surface area contributed by atoms with E-state index in [1.54, 1.807) is 29.6 Å². The van der Waals surface area contributed by atoms with E-state index in [0.29, 0.717) is 22.9 Å². The summed E-state index contributed by atoms with van der Waals surface area (Å²) in [6.45, 7) is 0.389. The fourth-order valence-corrected chi connectivity index (χ4v) is 2.27. The lowest BCUT2D eigenvalue weighted by atomic mass is 10.1. The molecule has 0 spiro atoms. The first-order valence-electron chi connectivity index (χ1n) is 6.22. The average Bonchev–Trinajstić information content (AvgIpc) is 2.90. The Morgan fingerprint density at radius 2 is 2.05 bits per heavy atom. The second-order valence-corrected chi connectivity index (χ2v) is 5.21. The van der Waals surface area contributed by atoms with Crippen molar-refractivity contribution in [2.45, 2.75) is 13.0 Å². The number of amides is 1. The molecule has 7 heteroatoms. The van der Waals surface area contributed by atoms with Crippen molar-refractivity contribution in [1.29, 1.82) is 0 Å². The Kier molecular flexibility index (Phi) is 4.89. The van der Waals surface area contributed by atoms with Gasteiger partial charge in [0.25, 0.3) is 0 Å². The molecule has 1 heterocycles. The lowest BCUT2D eigenvalue weighted by Gasteiger charge is -2.05. The number of methoxy groups -OCH3 is 1. The molecule has 1 amide bonds. The van der Waals surface area contributed by atoms with Gasteiger partial charge in [-0.25, -0.2) is 9.78 Å². The van der Waals surface area contributed by atoms with Crippen molar-refractivity contribution >= 4 is 28.3 Å². The second kappa shape index (κ2) is 6.85. The van der Waals surface area contributed by atoms with Gasteiger partial charge in [-0.1, -0.05) is 12.1 Å². The third-order valence-electron chi connectivity index (χ3n) is 2.78. The van der Waals surface area contributed by atoms with Crippen molar-refractivity contribution in [1.82, 2.24) is 10.3 Å². The number of nitrogens with two attached hydrogens (primary N) is 1. The topological polar surface area (TPSA) is 94.3 Å². The molecule has 6 nitrogen and oxygen atoms in total. The molecule has 0 saturated carbocycles. The molecule has 0 aliphatic rings. The number of rotatable bonds is 5. The van der Waals surface area contributed by atoms with Crippen LogP contribution in [0.15, 0.2) is 29.6 Å². The average molecular weight is 305 g/mol. The molecule has 21 heavy (non-hydrogen) atoms. The summed E-state index contributed by atoms with van der Waals surface area (Å²) in [6, 6.07) is 6.86. The maximum absolute atomic E-state index is 11.8. The van der Waals surface area contributed by atoms with E-state index in [1.807, 2.05) is 0 Å². The zero-order valence-corrected chi connectivity index (χ0v) is 12.3. The lowest BCUT2D eigenvalue weighted by Crippen LogP contribution is -2.24. The summed E-state index contributed by atoms with van der Waals surface area (Å²) < 4.78 is 4.62. The van der Waals surface area contributed by atoms with Gasteiger partial charge in [-0.3, -0.25) is 4.79 Å². The van der Waals surface area contributed by atoms with Gasteiger partial charge in [0.2, 0.25) is 5.91 Å². The van der Waals surface area contributed by atoms with Crippen LogP contribution in [-0.4, -0.2) is 24.0 Å². The molecule has 0 unspecified atom stereocenters. The van der Waals surface area contributed by atoms with Crippen molar-refractivity contribution in [3.63, 3.8) is 0 Å². The summed E-state index contributed by atoms with van der Waals surface area (Å²) >= 11 is 1.31. The van der Waals surface area contributed by atoms with Crippen LogP contribution in [0, 0.1) is 0 Å². The highest BCUT2D eigenvalue weighted by atomic mass is 32.1. The summed E-state index contributed by atoms with van der Waals surface area (Å²) in [5.41, 5.74) is 7.54. The van der Waals surface area contributed by atoms with Gasteiger partial charge in [0.15, 0.2) is 5.13 Å². The third kappa shape index (κ3) is 4.28. The van der Waals surface area contributed by atoms with Gasteiger partial charge in [-0.15, -0.1) is 11.3 Å². The molecule has 1 aromatic heterocycles. The molecule has 0 saturated heterocycles. The highest BCUT2D eigenvalue weighted by molar-refractivity contribution is 7.13. The van der Waals surface area contributed by atoms with Crippen LogP contribution >= 0.6 is 11.3 Å². The van der Waals surface area contributed by atoms with E-state index < -0.39 is 0 Å². The smallest absolute Gasteiger partial charge is 0.337 e. The number of nitrogens with one attached hydrogen (secondary N) is 1. The van der Waals surface area contributed by atoms with E-state index in [4.69, 9.17) is 5.73 Å². The minimum absolute atomic E-state index is 0.127. The second-order valence-electron chi connectivity index (χ2n) is 4.32. The Bertz CT molecular complexity index is 637. The lowest BCUT2D eigenvalue weighted by molar-refractivity contribution is -0.120. The largest absolute Gasteiger partial charge is 0.465 e. The summed E-state index contributed by atoms with van der Waals surface area (Å²) in [4.78, 5) is 27.1. The number of benzene rings is 1. The van der Waals surface area contributed by atoms with E-state index in [-0.39, 0.29) is 18.3 Å². The zero-order chi connectivity index (χ0) is 15.2. The number of aromatic nitrogens is 1. The number of hydrogen-bond acceptors (Lipinski definition) is 6. The molecule has 0 radical (unpaired) electrons. The fourth-order valence-electron chi connectivity index (χ4n) is 1.71. The number of carbonyl (C=O) groups excluding carboxylic acids is 2. The number of thiazole rings is 1. The number of nitrogen functional groups attached to an aromatic ring is 1. The van der Waals surface area contributed by atoms with Crippen molar-refractivity contribution in [3.05, 3.63) is 46.5 Å². The number of ether oxygens (including phenoxy) is 1. The number of esters is 1. The predicted molar refractivity (Wildman–Crippen MR) is 79.9 cm³/mol. The molecule has 1 aromatic carbocycles. The number of carbonyl (C=O) groups is 2. The summed E-state index contributed by atoms with van der Waals surface area (Å²) in [5, 5.41) is 5.01. The SMILES string of the molecule is COC(=O)c1ccc(CNC(=O)Cc2csc(N)n2)cc1. The van der Waals surface area contributed by atoms with Crippen molar-refractivity contribution in [2.75, 3.05) is 12.8 Å². The van der Waals surface area contributed by atoms with Crippen LogP contribution < -0.4 is 11.1 Å². The predicted octanol–water partition coefficient (Wildman–Crippen LogP) is 1.37. The van der Waals surface area contributed by atoms with E-state index in [9.17, 15) is 9.59 Å². The quantitative estimate of drug-likeness (QED) is 0.814. The first-order chi connectivity index (χ1) is 10.1. The van der Waals surface area contributed by atoms with Gasteiger partial charge < -0.3 is 15.8 Å². The number of nitrogens with zero attached hydrogens (tertiary/aromatic N) is 1. The Morgan fingerprint density at radius 3 is 2.62 bits per heavy atom. The Balaban J connectivity index is 1.85. The van der Waals surface area contributed by atoms with Crippen molar-refractivity contribution in [3.8, 4) is 0 Å². The van der Waals surface area contributed by atoms with Crippen LogP contribution in [-0.2, 0) is 22.5 Å². The monoisotopic (exact) mass is 305 g/mol. The normalized spacial score (nSPS) is 10.1. The Hall–Kier alpha value is -2.41. The minimum Gasteiger partial charge on any atom is -0.465 e. The number of hydrogen-bond donors (Lipinski definition) is 2. The highest BCUT2D eigenvalue weighted by Gasteiger charge is 2.07. The van der Waals surface area contributed by atoms with Crippen LogP contribution in [0.25, 0.3) is 0 Å². The van der Waals surface area contributed by atoms with E-state index >= 15 is 0 Å². The Morgan fingerprint density at radius 1 is 1.33 bits per heavy atom. The minimum atomic E-state index is -0.383. The third-order valence-corrected chi connectivity index (χ3v) is 3.50.